The van der Waals surface area contributed by atoms with Crippen LogP contribution < -0.4 is 16.2 Å². The monoisotopic (exact) mass is 412 g/mol. The predicted molar refractivity (Wildman–Crippen MR) is 110 cm³/mol. The minimum atomic E-state index is -0.616. The molecule has 10 heteroatoms. The molecule has 3 rings (SSSR count). The minimum Gasteiger partial charge on any atom is -0.364 e. The molecule has 0 fully saturated rings. The normalized spacial score (nSPS) is 10.2. The third kappa shape index (κ3) is 5.17. The zero-order valence-corrected chi connectivity index (χ0v) is 15.9. The highest BCUT2D eigenvalue weighted by Crippen LogP contribution is 2.28. The summed E-state index contributed by atoms with van der Waals surface area (Å²) >= 11 is 5.98. The molecule has 0 radical (unpaired) electrons. The molecular weight excluding hydrogens is 396 g/mol. The first-order valence-electron chi connectivity index (χ1n) is 8.64. The first kappa shape index (κ1) is 20.0. The van der Waals surface area contributed by atoms with Crippen molar-refractivity contribution in [1.82, 2.24) is 15.4 Å². The fourth-order valence-corrected chi connectivity index (χ4v) is 2.79. The van der Waals surface area contributed by atoms with Crippen molar-refractivity contribution in [1.29, 1.82) is 0 Å². The number of carbonyl (C=O) groups excluding carboxylic acids is 1. The highest BCUT2D eigenvalue weighted by Gasteiger charge is 2.23. The van der Waals surface area contributed by atoms with E-state index < -0.39 is 10.8 Å². The Kier molecular flexibility index (Phi) is 6.54. The number of nitrogens with zero attached hydrogens (tertiary/aromatic N) is 3. The van der Waals surface area contributed by atoms with Crippen LogP contribution in [0.5, 0.6) is 0 Å². The number of nitro groups is 1. The minimum absolute atomic E-state index is 0.0513. The Morgan fingerprint density at radius 3 is 2.45 bits per heavy atom. The van der Waals surface area contributed by atoms with Gasteiger partial charge in [0, 0.05) is 6.54 Å². The molecule has 0 spiro atoms. The lowest BCUT2D eigenvalue weighted by Gasteiger charge is -2.11. The van der Waals surface area contributed by atoms with E-state index in [-0.39, 0.29) is 27.9 Å². The Labute approximate surface area is 171 Å². The molecule has 29 heavy (non-hydrogen) atoms. The van der Waals surface area contributed by atoms with Crippen LogP contribution in [0.1, 0.15) is 15.9 Å². The number of aromatic nitrogens is 2. The van der Waals surface area contributed by atoms with E-state index in [2.05, 4.69) is 26.1 Å². The Balaban J connectivity index is 1.70. The summed E-state index contributed by atoms with van der Waals surface area (Å²) in [5.74, 6) is -0.648. The highest BCUT2D eigenvalue weighted by atomic mass is 35.5. The van der Waals surface area contributed by atoms with Crippen LogP contribution in [0.15, 0.2) is 60.9 Å². The maximum Gasteiger partial charge on any atom is 0.354 e. The van der Waals surface area contributed by atoms with E-state index in [0.717, 1.165) is 5.56 Å². The van der Waals surface area contributed by atoms with Gasteiger partial charge in [0.05, 0.1) is 15.5 Å². The molecule has 148 valence electrons. The van der Waals surface area contributed by atoms with E-state index in [1.807, 2.05) is 30.3 Å². The summed E-state index contributed by atoms with van der Waals surface area (Å²) in [6.45, 7) is 0.438. The summed E-state index contributed by atoms with van der Waals surface area (Å²) in [4.78, 5) is 31.0. The molecule has 1 aromatic heterocycles. The molecule has 0 saturated heterocycles. The van der Waals surface area contributed by atoms with Gasteiger partial charge in [-0.3, -0.25) is 25.8 Å². The molecule has 0 unspecified atom stereocenters. The standard InChI is InChI=1S/C19H17ClN6O3/c20-15-9-5-4-8-14(15)19(27)25-24-18-16(26(28)29)17(22-12-23-18)21-11-10-13-6-2-1-3-7-13/h1-9,12H,10-11H2,(H,25,27)(H2,21,22,23,24). The van der Waals surface area contributed by atoms with Crippen LogP contribution in [0, 0.1) is 10.1 Å². The SMILES string of the molecule is O=C(NNc1ncnc(NCCc2ccccc2)c1[N+](=O)[O-])c1ccccc1Cl. The molecule has 0 saturated carbocycles. The van der Waals surface area contributed by atoms with Crippen LogP contribution >= 0.6 is 11.6 Å². The Hall–Kier alpha value is -3.72. The van der Waals surface area contributed by atoms with E-state index in [4.69, 9.17) is 11.6 Å². The van der Waals surface area contributed by atoms with Gasteiger partial charge >= 0.3 is 5.69 Å². The number of halogens is 1. The molecule has 0 aliphatic carbocycles. The molecule has 1 amide bonds. The third-order valence-electron chi connectivity index (χ3n) is 3.97. The fraction of sp³-hybridized carbons (Fsp3) is 0.105. The van der Waals surface area contributed by atoms with Crippen LogP contribution in [0.4, 0.5) is 17.3 Å². The van der Waals surface area contributed by atoms with Crippen molar-refractivity contribution in [3.8, 4) is 0 Å². The van der Waals surface area contributed by atoms with E-state index in [0.29, 0.717) is 13.0 Å². The second kappa shape index (κ2) is 9.47. The van der Waals surface area contributed by atoms with Crippen molar-refractivity contribution in [2.24, 2.45) is 0 Å². The molecule has 3 N–H and O–H groups in total. The van der Waals surface area contributed by atoms with Crippen LogP contribution in [0.2, 0.25) is 5.02 Å². The quantitative estimate of drug-likeness (QED) is 0.382. The number of hydrazine groups is 1. The number of nitrogens with one attached hydrogen (secondary N) is 3. The average Bonchev–Trinajstić information content (AvgIpc) is 2.73. The molecule has 1 heterocycles. The molecule has 9 nitrogen and oxygen atoms in total. The summed E-state index contributed by atoms with van der Waals surface area (Å²) in [7, 11) is 0. The largest absolute Gasteiger partial charge is 0.364 e. The lowest BCUT2D eigenvalue weighted by molar-refractivity contribution is -0.383. The fourth-order valence-electron chi connectivity index (χ4n) is 2.57. The van der Waals surface area contributed by atoms with Crippen molar-refractivity contribution in [2.45, 2.75) is 6.42 Å². The molecule has 0 aliphatic rings. The Morgan fingerprint density at radius 2 is 1.72 bits per heavy atom. The number of hydrogen-bond acceptors (Lipinski definition) is 7. The van der Waals surface area contributed by atoms with Crippen molar-refractivity contribution in [3.63, 3.8) is 0 Å². The van der Waals surface area contributed by atoms with Crippen molar-refractivity contribution < 1.29 is 9.72 Å². The smallest absolute Gasteiger partial charge is 0.354 e. The first-order chi connectivity index (χ1) is 14.1. The summed E-state index contributed by atoms with van der Waals surface area (Å²) < 4.78 is 0. The number of benzene rings is 2. The summed E-state index contributed by atoms with van der Waals surface area (Å²) in [5.41, 5.74) is 5.77. The predicted octanol–water partition coefficient (Wildman–Crippen LogP) is 3.45. The van der Waals surface area contributed by atoms with Gasteiger partial charge in [-0.1, -0.05) is 54.1 Å². The van der Waals surface area contributed by atoms with Crippen LogP contribution in [0.25, 0.3) is 0 Å². The van der Waals surface area contributed by atoms with E-state index in [1.54, 1.807) is 18.2 Å². The second-order valence-corrected chi connectivity index (χ2v) is 6.31. The molecule has 3 aromatic rings. The lowest BCUT2D eigenvalue weighted by atomic mass is 10.1. The van der Waals surface area contributed by atoms with Gasteiger partial charge in [0.2, 0.25) is 11.6 Å². The van der Waals surface area contributed by atoms with Gasteiger partial charge in [-0.05, 0) is 24.1 Å². The molecular formula is C19H17ClN6O3. The molecule has 0 atom stereocenters. The number of amides is 1. The summed E-state index contributed by atoms with van der Waals surface area (Å²) in [5, 5.41) is 14.8. The third-order valence-corrected chi connectivity index (χ3v) is 4.30. The van der Waals surface area contributed by atoms with Crippen LogP contribution in [-0.2, 0) is 6.42 Å². The second-order valence-electron chi connectivity index (χ2n) is 5.90. The molecule has 2 aromatic carbocycles. The lowest BCUT2D eigenvalue weighted by Crippen LogP contribution is -2.30. The highest BCUT2D eigenvalue weighted by molar-refractivity contribution is 6.33. The van der Waals surface area contributed by atoms with E-state index >= 15 is 0 Å². The number of carbonyl (C=O) groups is 1. The Bertz CT molecular complexity index is 1020. The van der Waals surface area contributed by atoms with E-state index in [9.17, 15) is 14.9 Å². The van der Waals surface area contributed by atoms with Gasteiger partial charge < -0.3 is 5.32 Å². The van der Waals surface area contributed by atoms with Gasteiger partial charge in [0.25, 0.3) is 5.91 Å². The zero-order chi connectivity index (χ0) is 20.6. The summed E-state index contributed by atoms with van der Waals surface area (Å²) in [6.07, 6.45) is 1.83. The van der Waals surface area contributed by atoms with Gasteiger partial charge in [0.1, 0.15) is 6.33 Å². The number of anilines is 2. The van der Waals surface area contributed by atoms with Crippen molar-refractivity contribution in [2.75, 3.05) is 17.3 Å². The molecule has 0 bridgehead atoms. The van der Waals surface area contributed by atoms with Crippen LogP contribution in [-0.4, -0.2) is 27.3 Å². The first-order valence-corrected chi connectivity index (χ1v) is 9.02. The van der Waals surface area contributed by atoms with Gasteiger partial charge in [-0.15, -0.1) is 0 Å². The number of rotatable bonds is 8. The summed E-state index contributed by atoms with van der Waals surface area (Å²) in [6, 6.07) is 16.1. The van der Waals surface area contributed by atoms with Crippen molar-refractivity contribution in [3.05, 3.63) is 87.2 Å². The maximum atomic E-state index is 12.2. The van der Waals surface area contributed by atoms with Crippen LogP contribution in [0.3, 0.4) is 0 Å². The Morgan fingerprint density at radius 1 is 1.03 bits per heavy atom. The van der Waals surface area contributed by atoms with Gasteiger partial charge in [-0.25, -0.2) is 9.97 Å². The number of hydrogen-bond donors (Lipinski definition) is 3. The maximum absolute atomic E-state index is 12.2. The topological polar surface area (TPSA) is 122 Å². The van der Waals surface area contributed by atoms with E-state index in [1.165, 1.54) is 12.4 Å². The van der Waals surface area contributed by atoms with Crippen molar-refractivity contribution >= 4 is 34.8 Å². The van der Waals surface area contributed by atoms with Gasteiger partial charge in [-0.2, -0.15) is 0 Å². The molecule has 0 aliphatic heterocycles. The zero-order valence-electron chi connectivity index (χ0n) is 15.1. The average molecular weight is 413 g/mol. The van der Waals surface area contributed by atoms with Gasteiger partial charge in [0.15, 0.2) is 0 Å².